The molecule has 7 heteroatoms. The standard InChI is InChI=1S/C19H24N6S/c1-15(2)25-17-7-4-3-6-16(17)24(19(25)26)14-22-10-12-23(13-11-22)18-20-8-5-9-21-18/h3-9,15H,10-14H2,1-2H3. The van der Waals surface area contributed by atoms with E-state index in [1.165, 1.54) is 11.0 Å². The molecule has 1 aliphatic heterocycles. The van der Waals surface area contributed by atoms with Crippen LogP contribution in [0.1, 0.15) is 19.9 Å². The lowest BCUT2D eigenvalue weighted by Crippen LogP contribution is -2.47. The van der Waals surface area contributed by atoms with Gasteiger partial charge < -0.3 is 14.0 Å². The quantitative estimate of drug-likeness (QED) is 0.661. The summed E-state index contributed by atoms with van der Waals surface area (Å²) >= 11 is 5.81. The van der Waals surface area contributed by atoms with Crippen LogP contribution in [0.25, 0.3) is 11.0 Å². The van der Waals surface area contributed by atoms with Gasteiger partial charge in [0.2, 0.25) is 5.95 Å². The lowest BCUT2D eigenvalue weighted by atomic mass is 10.3. The average Bonchev–Trinajstić information content (AvgIpc) is 2.95. The fourth-order valence-corrected chi connectivity index (χ4v) is 4.08. The molecule has 4 rings (SSSR count). The Morgan fingerprint density at radius 2 is 1.62 bits per heavy atom. The summed E-state index contributed by atoms with van der Waals surface area (Å²) in [6, 6.07) is 10.7. The van der Waals surface area contributed by atoms with E-state index < -0.39 is 0 Å². The predicted molar refractivity (Wildman–Crippen MR) is 107 cm³/mol. The van der Waals surface area contributed by atoms with Gasteiger partial charge in [-0.2, -0.15) is 0 Å². The molecule has 1 saturated heterocycles. The van der Waals surface area contributed by atoms with Crippen LogP contribution >= 0.6 is 12.2 Å². The van der Waals surface area contributed by atoms with E-state index in [0.29, 0.717) is 6.04 Å². The van der Waals surface area contributed by atoms with E-state index in [4.69, 9.17) is 12.2 Å². The zero-order chi connectivity index (χ0) is 18.1. The second-order valence-corrected chi connectivity index (χ2v) is 7.32. The zero-order valence-electron chi connectivity index (χ0n) is 15.2. The molecule has 0 atom stereocenters. The molecule has 2 aromatic heterocycles. The predicted octanol–water partition coefficient (Wildman–Crippen LogP) is 3.32. The number of benzene rings is 1. The lowest BCUT2D eigenvalue weighted by Gasteiger charge is -2.34. The molecule has 3 heterocycles. The van der Waals surface area contributed by atoms with Crippen molar-refractivity contribution in [3.05, 3.63) is 47.5 Å². The molecule has 3 aromatic rings. The van der Waals surface area contributed by atoms with Crippen molar-refractivity contribution < 1.29 is 0 Å². The molecule has 0 amide bonds. The monoisotopic (exact) mass is 368 g/mol. The summed E-state index contributed by atoms with van der Waals surface area (Å²) in [5.74, 6) is 0.820. The van der Waals surface area contributed by atoms with Gasteiger partial charge in [-0.1, -0.05) is 12.1 Å². The Morgan fingerprint density at radius 3 is 2.27 bits per heavy atom. The molecule has 26 heavy (non-hydrogen) atoms. The smallest absolute Gasteiger partial charge is 0.225 e. The summed E-state index contributed by atoms with van der Waals surface area (Å²) in [4.78, 5) is 13.4. The minimum atomic E-state index is 0.348. The molecule has 1 fully saturated rings. The van der Waals surface area contributed by atoms with Gasteiger partial charge in [0.1, 0.15) is 0 Å². The zero-order valence-corrected chi connectivity index (χ0v) is 16.1. The molecule has 1 aromatic carbocycles. The van der Waals surface area contributed by atoms with Gasteiger partial charge >= 0.3 is 0 Å². The molecule has 0 unspecified atom stereocenters. The highest BCUT2D eigenvalue weighted by Crippen LogP contribution is 2.23. The van der Waals surface area contributed by atoms with E-state index in [-0.39, 0.29) is 0 Å². The van der Waals surface area contributed by atoms with E-state index in [1.54, 1.807) is 12.4 Å². The molecule has 1 aliphatic rings. The number of hydrogen-bond acceptors (Lipinski definition) is 5. The molecular formula is C19H24N6S. The lowest BCUT2D eigenvalue weighted by molar-refractivity contribution is 0.206. The molecular weight excluding hydrogens is 344 g/mol. The van der Waals surface area contributed by atoms with Gasteiger partial charge in [-0.15, -0.1) is 0 Å². The fraction of sp³-hybridized carbons (Fsp3) is 0.421. The third kappa shape index (κ3) is 3.12. The first-order valence-corrected chi connectivity index (χ1v) is 9.50. The van der Waals surface area contributed by atoms with Crippen molar-refractivity contribution >= 4 is 29.2 Å². The Balaban J connectivity index is 1.54. The number of para-hydroxylation sites is 2. The first kappa shape index (κ1) is 17.2. The maximum Gasteiger partial charge on any atom is 0.225 e. The largest absolute Gasteiger partial charge is 0.338 e. The van der Waals surface area contributed by atoms with Crippen LogP contribution < -0.4 is 4.90 Å². The normalized spacial score (nSPS) is 15.9. The van der Waals surface area contributed by atoms with Crippen molar-refractivity contribution in [1.29, 1.82) is 0 Å². The molecule has 0 aliphatic carbocycles. The van der Waals surface area contributed by atoms with Crippen molar-refractivity contribution in [3.63, 3.8) is 0 Å². The summed E-state index contributed by atoms with van der Waals surface area (Å²) in [5.41, 5.74) is 2.42. The molecule has 6 nitrogen and oxygen atoms in total. The van der Waals surface area contributed by atoms with Gasteiger partial charge in [0.25, 0.3) is 0 Å². The number of rotatable bonds is 4. The highest BCUT2D eigenvalue weighted by molar-refractivity contribution is 7.71. The second kappa shape index (κ2) is 7.17. The maximum atomic E-state index is 5.81. The molecule has 0 radical (unpaired) electrons. The van der Waals surface area contributed by atoms with Crippen molar-refractivity contribution in [3.8, 4) is 0 Å². The summed E-state index contributed by atoms with van der Waals surface area (Å²) < 4.78 is 5.41. The Labute approximate surface area is 158 Å². The van der Waals surface area contributed by atoms with Crippen LogP contribution in [0, 0.1) is 4.77 Å². The van der Waals surface area contributed by atoms with E-state index in [2.05, 4.69) is 67.0 Å². The van der Waals surface area contributed by atoms with Gasteiger partial charge in [0.05, 0.1) is 17.7 Å². The van der Waals surface area contributed by atoms with Crippen molar-refractivity contribution in [2.75, 3.05) is 31.1 Å². The van der Waals surface area contributed by atoms with Crippen LogP contribution in [0.15, 0.2) is 42.7 Å². The maximum absolute atomic E-state index is 5.81. The van der Waals surface area contributed by atoms with Crippen LogP contribution in [0.3, 0.4) is 0 Å². The molecule has 136 valence electrons. The van der Waals surface area contributed by atoms with Gasteiger partial charge in [0.15, 0.2) is 4.77 Å². The van der Waals surface area contributed by atoms with E-state index in [1.807, 2.05) is 6.07 Å². The SMILES string of the molecule is CC(C)n1c(=S)n(CN2CCN(c3ncccn3)CC2)c2ccccc21. The van der Waals surface area contributed by atoms with E-state index in [0.717, 1.165) is 43.6 Å². The number of anilines is 1. The minimum absolute atomic E-state index is 0.348. The van der Waals surface area contributed by atoms with Crippen LogP contribution in [0.2, 0.25) is 0 Å². The summed E-state index contributed by atoms with van der Waals surface area (Å²) in [5, 5.41) is 0. The highest BCUT2D eigenvalue weighted by Gasteiger charge is 2.20. The van der Waals surface area contributed by atoms with Crippen LogP contribution in [-0.2, 0) is 6.67 Å². The fourth-order valence-electron chi connectivity index (χ4n) is 3.61. The third-order valence-electron chi connectivity index (χ3n) is 4.93. The van der Waals surface area contributed by atoms with E-state index >= 15 is 0 Å². The highest BCUT2D eigenvalue weighted by atomic mass is 32.1. The Hall–Kier alpha value is -2.25. The molecule has 0 spiro atoms. The number of piperazine rings is 1. The van der Waals surface area contributed by atoms with Crippen molar-refractivity contribution in [2.45, 2.75) is 26.6 Å². The second-order valence-electron chi connectivity index (χ2n) is 6.96. The Bertz CT molecular complexity index is 938. The molecule has 0 N–H and O–H groups in total. The van der Waals surface area contributed by atoms with Gasteiger partial charge in [-0.05, 0) is 44.3 Å². The first-order valence-electron chi connectivity index (χ1n) is 9.09. The molecule has 0 bridgehead atoms. The van der Waals surface area contributed by atoms with E-state index in [9.17, 15) is 0 Å². The minimum Gasteiger partial charge on any atom is -0.338 e. The van der Waals surface area contributed by atoms with Crippen LogP contribution in [0.4, 0.5) is 5.95 Å². The van der Waals surface area contributed by atoms with Crippen molar-refractivity contribution in [1.82, 2.24) is 24.0 Å². The van der Waals surface area contributed by atoms with Gasteiger partial charge in [-0.3, -0.25) is 4.90 Å². The Kier molecular flexibility index (Phi) is 4.74. The number of hydrogen-bond donors (Lipinski definition) is 0. The number of nitrogens with zero attached hydrogens (tertiary/aromatic N) is 6. The van der Waals surface area contributed by atoms with Gasteiger partial charge in [-0.25, -0.2) is 9.97 Å². The molecule has 0 saturated carbocycles. The number of fused-ring (bicyclic) bond motifs is 1. The summed E-state index contributed by atoms with van der Waals surface area (Å²) in [6.45, 7) is 9.00. The van der Waals surface area contributed by atoms with Crippen LogP contribution in [-0.4, -0.2) is 50.2 Å². The summed E-state index contributed by atoms with van der Waals surface area (Å²) in [6.07, 6.45) is 3.60. The Morgan fingerprint density at radius 1 is 0.962 bits per heavy atom. The summed E-state index contributed by atoms with van der Waals surface area (Å²) in [7, 11) is 0. The number of imidazole rings is 1. The van der Waals surface area contributed by atoms with Crippen molar-refractivity contribution in [2.24, 2.45) is 0 Å². The first-order chi connectivity index (χ1) is 12.6. The van der Waals surface area contributed by atoms with Gasteiger partial charge in [0, 0.05) is 44.6 Å². The topological polar surface area (TPSA) is 42.1 Å². The third-order valence-corrected chi connectivity index (χ3v) is 5.35. The number of aromatic nitrogens is 4. The van der Waals surface area contributed by atoms with Crippen LogP contribution in [0.5, 0.6) is 0 Å². The average molecular weight is 369 g/mol.